The lowest BCUT2D eigenvalue weighted by atomic mass is 9.72. The molecule has 40 heavy (non-hydrogen) atoms. The number of aromatic nitrogens is 1. The average molecular weight is 548 g/mol. The third-order valence-electron chi connectivity index (χ3n) is 7.91. The van der Waals surface area contributed by atoms with Gasteiger partial charge in [0, 0.05) is 36.2 Å². The van der Waals surface area contributed by atoms with Crippen LogP contribution in [0.4, 0.5) is 5.82 Å². The number of Topliss-reactive ketones (excluding diaryl/α,β-unsaturated/α-hetero) is 2. The number of benzene rings is 1. The van der Waals surface area contributed by atoms with Crippen molar-refractivity contribution < 1.29 is 23.9 Å². The zero-order valence-corrected chi connectivity index (χ0v) is 23.8. The van der Waals surface area contributed by atoms with Crippen LogP contribution in [0.2, 0.25) is 0 Å². The predicted octanol–water partition coefficient (Wildman–Crippen LogP) is 4.87. The Morgan fingerprint density at radius 1 is 1.15 bits per heavy atom. The molecule has 4 rings (SSSR count). The summed E-state index contributed by atoms with van der Waals surface area (Å²) in [5, 5.41) is 3.40. The first kappa shape index (κ1) is 29.6. The van der Waals surface area contributed by atoms with E-state index >= 15 is 0 Å². The Morgan fingerprint density at radius 2 is 1.90 bits per heavy atom. The van der Waals surface area contributed by atoms with Gasteiger partial charge in [-0.05, 0) is 56.8 Å². The van der Waals surface area contributed by atoms with Crippen LogP contribution in [0.3, 0.4) is 0 Å². The molecular weight excluding hydrogens is 506 g/mol. The highest BCUT2D eigenvalue weighted by atomic mass is 16.7. The quantitative estimate of drug-likeness (QED) is 0.106. The second-order valence-corrected chi connectivity index (χ2v) is 11.0. The number of rotatable bonds is 15. The Morgan fingerprint density at radius 3 is 2.60 bits per heavy atom. The first-order chi connectivity index (χ1) is 19.3. The Kier molecular flexibility index (Phi) is 9.53. The lowest BCUT2D eigenvalue weighted by Crippen LogP contribution is -2.50. The molecule has 0 spiro atoms. The number of unbranched alkanes of at least 4 members (excludes halogenated alkanes) is 1. The molecule has 2 heterocycles. The van der Waals surface area contributed by atoms with E-state index < -0.39 is 23.0 Å². The first-order valence-corrected chi connectivity index (χ1v) is 14.4. The van der Waals surface area contributed by atoms with Gasteiger partial charge in [-0.2, -0.15) is 0 Å². The maximum Gasteiger partial charge on any atom is 0.350 e. The van der Waals surface area contributed by atoms with Crippen molar-refractivity contribution in [2.45, 2.75) is 76.9 Å². The topological polar surface area (TPSA) is 124 Å². The van der Waals surface area contributed by atoms with E-state index in [1.807, 2.05) is 25.1 Å². The standard InChI is InChI=1S/C32H41N3O5/c1-4-6-9-24(20-34-17-5-2)21-39-30(38)32-29(37)26-11-8-7-10-25(26)28(36)31(32,40-32)16-14-22(3)12-13-23-15-18-35-27(33)19-23/h7-8,10-11,14-15,18-19,24,34H,4-6,9,12-13,16-17,20-21H2,1-3H3,(H2,33,35)/b22-14+/t24-,31+,32+/m1/s1. The van der Waals surface area contributed by atoms with Crippen LogP contribution in [-0.2, 0) is 20.7 Å². The van der Waals surface area contributed by atoms with Crippen molar-refractivity contribution in [2.75, 3.05) is 25.4 Å². The van der Waals surface area contributed by atoms with E-state index in [9.17, 15) is 14.4 Å². The normalized spacial score (nSPS) is 22.4. The molecular formula is C32H41N3O5. The monoisotopic (exact) mass is 547 g/mol. The molecule has 1 aliphatic heterocycles. The van der Waals surface area contributed by atoms with Crippen LogP contribution in [0.1, 0.15) is 85.6 Å². The number of esters is 1. The number of pyridine rings is 1. The molecule has 0 radical (unpaired) electrons. The number of nitrogens with two attached hydrogens (primary N) is 1. The van der Waals surface area contributed by atoms with Crippen molar-refractivity contribution >= 4 is 23.4 Å². The van der Waals surface area contributed by atoms with Gasteiger partial charge < -0.3 is 20.5 Å². The molecule has 0 amide bonds. The fourth-order valence-corrected chi connectivity index (χ4v) is 5.46. The largest absolute Gasteiger partial charge is 0.463 e. The number of nitrogen functional groups attached to an aromatic ring is 1. The number of aryl methyl sites for hydroxylation is 1. The first-order valence-electron chi connectivity index (χ1n) is 14.4. The van der Waals surface area contributed by atoms with E-state index in [2.05, 4.69) is 24.1 Å². The molecule has 2 aliphatic rings. The van der Waals surface area contributed by atoms with Crippen molar-refractivity contribution in [1.29, 1.82) is 0 Å². The van der Waals surface area contributed by atoms with Gasteiger partial charge in [0.05, 0.1) is 6.61 Å². The second-order valence-electron chi connectivity index (χ2n) is 11.0. The van der Waals surface area contributed by atoms with Crippen molar-refractivity contribution in [1.82, 2.24) is 10.3 Å². The van der Waals surface area contributed by atoms with Crippen LogP contribution in [0.15, 0.2) is 54.2 Å². The van der Waals surface area contributed by atoms with Gasteiger partial charge in [0.15, 0.2) is 11.4 Å². The van der Waals surface area contributed by atoms with Gasteiger partial charge in [0.2, 0.25) is 5.78 Å². The number of epoxide rings is 1. The number of allylic oxidation sites excluding steroid dienone is 1. The van der Waals surface area contributed by atoms with Gasteiger partial charge in [-0.3, -0.25) is 9.59 Å². The van der Waals surface area contributed by atoms with E-state index in [0.29, 0.717) is 5.82 Å². The Balaban J connectivity index is 1.53. The maximum atomic E-state index is 13.8. The SMILES string of the molecule is CCCC[C@H](CNCCC)COC(=O)[C@]12O[C@@]1(C/C=C(\C)CCc1ccnc(N)c1)C(=O)c1ccccc1C2=O. The number of nitrogens with one attached hydrogen (secondary N) is 1. The molecule has 214 valence electrons. The minimum atomic E-state index is -1.94. The van der Waals surface area contributed by atoms with Gasteiger partial charge in [-0.15, -0.1) is 0 Å². The molecule has 3 atom stereocenters. The van der Waals surface area contributed by atoms with Crippen LogP contribution in [0.5, 0.6) is 0 Å². The zero-order valence-electron chi connectivity index (χ0n) is 23.8. The fourth-order valence-electron chi connectivity index (χ4n) is 5.46. The highest BCUT2D eigenvalue weighted by molar-refractivity contribution is 6.32. The summed E-state index contributed by atoms with van der Waals surface area (Å²) in [5.74, 6) is -1.03. The van der Waals surface area contributed by atoms with E-state index in [4.69, 9.17) is 15.2 Å². The predicted molar refractivity (Wildman–Crippen MR) is 154 cm³/mol. The molecule has 1 aliphatic carbocycles. The number of carbonyl (C=O) groups is 3. The molecule has 3 N–H and O–H groups in total. The highest BCUT2D eigenvalue weighted by Gasteiger charge is 2.85. The van der Waals surface area contributed by atoms with Crippen LogP contribution in [-0.4, -0.2) is 53.4 Å². The van der Waals surface area contributed by atoms with Gasteiger partial charge in [-0.25, -0.2) is 9.78 Å². The number of carbonyl (C=O) groups excluding carboxylic acids is 3. The van der Waals surface area contributed by atoms with E-state index in [-0.39, 0.29) is 35.9 Å². The molecule has 1 saturated heterocycles. The van der Waals surface area contributed by atoms with E-state index in [1.54, 1.807) is 30.5 Å². The Labute approximate surface area is 236 Å². The molecule has 1 aromatic carbocycles. The molecule has 1 aromatic heterocycles. The summed E-state index contributed by atoms with van der Waals surface area (Å²) < 4.78 is 11.8. The second kappa shape index (κ2) is 12.9. The summed E-state index contributed by atoms with van der Waals surface area (Å²) in [5.41, 5.74) is 4.84. The smallest absolute Gasteiger partial charge is 0.350 e. The van der Waals surface area contributed by atoms with Gasteiger partial charge in [0.25, 0.3) is 5.60 Å². The summed E-state index contributed by atoms with van der Waals surface area (Å²) in [4.78, 5) is 45.2. The lowest BCUT2D eigenvalue weighted by molar-refractivity contribution is -0.149. The van der Waals surface area contributed by atoms with Crippen LogP contribution in [0, 0.1) is 5.92 Å². The van der Waals surface area contributed by atoms with Crippen molar-refractivity contribution in [3.63, 3.8) is 0 Å². The van der Waals surface area contributed by atoms with E-state index in [0.717, 1.165) is 62.8 Å². The zero-order chi connectivity index (χ0) is 28.8. The summed E-state index contributed by atoms with van der Waals surface area (Å²) in [6.07, 6.45) is 9.13. The van der Waals surface area contributed by atoms with Crippen molar-refractivity contribution in [3.05, 3.63) is 70.9 Å². The molecule has 8 nitrogen and oxygen atoms in total. The van der Waals surface area contributed by atoms with Gasteiger partial charge >= 0.3 is 5.97 Å². The molecule has 0 saturated carbocycles. The molecule has 8 heteroatoms. The number of anilines is 1. The molecule has 0 unspecified atom stereocenters. The minimum Gasteiger partial charge on any atom is -0.463 e. The average Bonchev–Trinajstić information content (AvgIpc) is 3.67. The summed E-state index contributed by atoms with van der Waals surface area (Å²) in [6, 6.07) is 10.4. The number of fused-ring (bicyclic) bond motifs is 2. The van der Waals surface area contributed by atoms with Gasteiger partial charge in [0.1, 0.15) is 5.82 Å². The number of hydrogen-bond acceptors (Lipinski definition) is 8. The molecule has 0 bridgehead atoms. The minimum absolute atomic E-state index is 0.114. The Bertz CT molecular complexity index is 1270. The number of hydrogen-bond donors (Lipinski definition) is 2. The summed E-state index contributed by atoms with van der Waals surface area (Å²) in [6.45, 7) is 7.97. The van der Waals surface area contributed by atoms with Crippen LogP contribution >= 0.6 is 0 Å². The summed E-state index contributed by atoms with van der Waals surface area (Å²) in [7, 11) is 0. The fraction of sp³-hybridized carbons (Fsp3) is 0.500. The van der Waals surface area contributed by atoms with Crippen molar-refractivity contribution in [2.24, 2.45) is 5.92 Å². The molecule has 2 aromatic rings. The third kappa shape index (κ3) is 5.88. The number of ketones is 2. The number of ether oxygens (including phenoxy) is 2. The van der Waals surface area contributed by atoms with Crippen molar-refractivity contribution in [3.8, 4) is 0 Å². The maximum absolute atomic E-state index is 13.8. The summed E-state index contributed by atoms with van der Waals surface area (Å²) >= 11 is 0. The van der Waals surface area contributed by atoms with Gasteiger partial charge in [-0.1, -0.05) is 62.6 Å². The Hall–Kier alpha value is -3.36. The number of nitrogens with zero attached hydrogens (tertiary/aromatic N) is 1. The van der Waals surface area contributed by atoms with E-state index in [1.165, 1.54) is 0 Å². The molecule has 1 fully saturated rings. The van der Waals surface area contributed by atoms with Crippen LogP contribution < -0.4 is 11.1 Å². The third-order valence-corrected chi connectivity index (χ3v) is 7.91. The highest BCUT2D eigenvalue weighted by Crippen LogP contribution is 2.58. The van der Waals surface area contributed by atoms with Crippen LogP contribution in [0.25, 0.3) is 0 Å². The lowest BCUT2D eigenvalue weighted by Gasteiger charge is -2.24.